The van der Waals surface area contributed by atoms with Crippen LogP contribution in [0.3, 0.4) is 0 Å². The standard InChI is InChI=1S/C17H20N4O2S.3C2HF3O2/c22-17(20-12-2-1-4-18-8-12)14-9-21(11-16-19-5-7-24-16)10-15-13(14)3-6-23-15;3*3-2(4,5)1(6)7/h1-2,4-5,7-8,13-15H,3,6,9-11H2,(H,20,22);3*(H,6,7)/t13-,14-,15+;;;/m0.../s1. The van der Waals surface area contributed by atoms with Crippen LogP contribution in [-0.2, 0) is 30.5 Å². The summed E-state index contributed by atoms with van der Waals surface area (Å²) in [6.07, 6.45) is -8.95. The van der Waals surface area contributed by atoms with E-state index in [-0.39, 0.29) is 17.9 Å². The van der Waals surface area contributed by atoms with Crippen LogP contribution in [0.15, 0.2) is 36.1 Å². The molecule has 2 aliphatic heterocycles. The van der Waals surface area contributed by atoms with Gasteiger partial charge in [-0.15, -0.1) is 11.3 Å². The fraction of sp³-hybridized carbons (Fsp3) is 0.478. The number of piperidine rings is 1. The minimum absolute atomic E-state index is 0.0624. The first-order chi connectivity index (χ1) is 20.6. The van der Waals surface area contributed by atoms with E-state index in [1.54, 1.807) is 23.7 Å². The van der Waals surface area contributed by atoms with Gasteiger partial charge in [0.1, 0.15) is 5.01 Å². The summed E-state index contributed by atoms with van der Waals surface area (Å²) in [7, 11) is 0. The Kier molecular flexibility index (Phi) is 14.6. The molecule has 2 saturated heterocycles. The molecule has 4 rings (SSSR count). The number of alkyl halides is 9. The highest BCUT2D eigenvalue weighted by Gasteiger charge is 2.44. The summed E-state index contributed by atoms with van der Waals surface area (Å²) >= 11 is 1.65. The van der Waals surface area contributed by atoms with Gasteiger partial charge in [0.05, 0.1) is 30.5 Å². The predicted molar refractivity (Wildman–Crippen MR) is 133 cm³/mol. The molecule has 2 aromatic heterocycles. The van der Waals surface area contributed by atoms with Gasteiger partial charge in [-0.05, 0) is 18.6 Å². The molecule has 0 aliphatic carbocycles. The Labute approximate surface area is 250 Å². The van der Waals surface area contributed by atoms with Gasteiger partial charge in [0.25, 0.3) is 0 Å². The van der Waals surface area contributed by atoms with E-state index in [4.69, 9.17) is 34.4 Å². The number of carbonyl (C=O) groups is 4. The maximum Gasteiger partial charge on any atom is 0.490 e. The molecule has 45 heavy (non-hydrogen) atoms. The van der Waals surface area contributed by atoms with Crippen LogP contribution in [0.2, 0.25) is 0 Å². The monoisotopic (exact) mass is 686 g/mol. The summed E-state index contributed by atoms with van der Waals surface area (Å²) in [5.74, 6) is -7.97. The van der Waals surface area contributed by atoms with Crippen LogP contribution in [0.5, 0.6) is 0 Å². The first kappa shape index (κ1) is 39.0. The number of hydrogen-bond donors (Lipinski definition) is 4. The average molecular weight is 687 g/mol. The molecule has 0 unspecified atom stereocenters. The number of hydrogen-bond acceptors (Lipinski definition) is 9. The van der Waals surface area contributed by atoms with Crippen molar-refractivity contribution in [3.63, 3.8) is 0 Å². The lowest BCUT2D eigenvalue weighted by Crippen LogP contribution is -2.51. The third kappa shape index (κ3) is 14.5. The zero-order valence-corrected chi connectivity index (χ0v) is 23.1. The van der Waals surface area contributed by atoms with Crippen LogP contribution in [0, 0.1) is 11.8 Å². The second-order valence-corrected chi connectivity index (χ2v) is 9.71. The van der Waals surface area contributed by atoms with Crippen molar-refractivity contribution >= 4 is 40.8 Å². The van der Waals surface area contributed by atoms with Gasteiger partial charge in [0.2, 0.25) is 5.91 Å². The first-order valence-corrected chi connectivity index (χ1v) is 12.8. The van der Waals surface area contributed by atoms with E-state index in [2.05, 4.69) is 20.2 Å². The van der Waals surface area contributed by atoms with Crippen molar-refractivity contribution in [1.29, 1.82) is 0 Å². The van der Waals surface area contributed by atoms with E-state index >= 15 is 0 Å². The van der Waals surface area contributed by atoms with Crippen molar-refractivity contribution in [3.8, 4) is 0 Å². The molecule has 4 heterocycles. The molecule has 12 nitrogen and oxygen atoms in total. The molecule has 2 aliphatic rings. The van der Waals surface area contributed by atoms with Crippen LogP contribution in [0.1, 0.15) is 11.4 Å². The Balaban J connectivity index is 0.000000396. The molecule has 252 valence electrons. The van der Waals surface area contributed by atoms with Gasteiger partial charge in [-0.1, -0.05) is 0 Å². The maximum absolute atomic E-state index is 12.8. The number of halogens is 9. The third-order valence-electron chi connectivity index (χ3n) is 5.51. The van der Waals surface area contributed by atoms with Gasteiger partial charge >= 0.3 is 36.4 Å². The fourth-order valence-corrected chi connectivity index (χ4v) is 4.31. The maximum atomic E-state index is 12.8. The normalized spacial score (nSPS) is 19.6. The highest BCUT2D eigenvalue weighted by Crippen LogP contribution is 2.35. The largest absolute Gasteiger partial charge is 0.490 e. The number of amides is 1. The molecule has 0 aromatic carbocycles. The number of carbonyl (C=O) groups excluding carboxylic acids is 1. The van der Waals surface area contributed by atoms with Crippen molar-refractivity contribution in [2.75, 3.05) is 25.0 Å². The zero-order valence-electron chi connectivity index (χ0n) is 22.3. The van der Waals surface area contributed by atoms with Gasteiger partial charge in [0.15, 0.2) is 0 Å². The number of nitrogens with one attached hydrogen (secondary N) is 1. The highest BCUT2D eigenvalue weighted by molar-refractivity contribution is 7.09. The number of ether oxygens (including phenoxy) is 1. The second-order valence-electron chi connectivity index (χ2n) is 8.73. The van der Waals surface area contributed by atoms with Crippen LogP contribution in [0.4, 0.5) is 45.2 Å². The van der Waals surface area contributed by atoms with Crippen LogP contribution in [0.25, 0.3) is 0 Å². The first-order valence-electron chi connectivity index (χ1n) is 12.0. The van der Waals surface area contributed by atoms with E-state index in [0.717, 1.165) is 43.4 Å². The number of likely N-dealkylation sites (tertiary alicyclic amines) is 1. The summed E-state index contributed by atoms with van der Waals surface area (Å²) < 4.78 is 101. The Morgan fingerprint density at radius 3 is 1.87 bits per heavy atom. The molecule has 0 radical (unpaired) electrons. The molecule has 3 atom stereocenters. The van der Waals surface area contributed by atoms with E-state index < -0.39 is 36.4 Å². The molecular formula is C23H23F9N4O8S. The molecule has 2 aromatic rings. The Hall–Kier alpha value is -4.05. The highest BCUT2D eigenvalue weighted by atomic mass is 32.1. The molecular weight excluding hydrogens is 663 g/mol. The van der Waals surface area contributed by atoms with Crippen molar-refractivity contribution in [1.82, 2.24) is 14.9 Å². The Morgan fingerprint density at radius 1 is 0.911 bits per heavy atom. The summed E-state index contributed by atoms with van der Waals surface area (Å²) in [5.41, 5.74) is 0.745. The van der Waals surface area contributed by atoms with Crippen molar-refractivity contribution in [2.24, 2.45) is 11.8 Å². The molecule has 4 N–H and O–H groups in total. The van der Waals surface area contributed by atoms with Gasteiger partial charge in [-0.2, -0.15) is 39.5 Å². The molecule has 0 spiro atoms. The Morgan fingerprint density at radius 2 is 1.44 bits per heavy atom. The fourth-order valence-electron chi connectivity index (χ4n) is 3.66. The SMILES string of the molecule is O=C(Nc1cccnc1)[C@H]1CN(Cc2nccs2)C[C@H]2OCC[C@@H]12.O=C(O)C(F)(F)F.O=C(O)C(F)(F)F.O=C(O)C(F)(F)F. The van der Waals surface area contributed by atoms with Crippen molar-refractivity contribution in [2.45, 2.75) is 37.6 Å². The second kappa shape index (κ2) is 16.9. The molecule has 2 fully saturated rings. The number of aromatic nitrogens is 2. The lowest BCUT2D eigenvalue weighted by molar-refractivity contribution is -0.193. The van der Waals surface area contributed by atoms with E-state index in [9.17, 15) is 44.3 Å². The zero-order chi connectivity index (χ0) is 34.6. The van der Waals surface area contributed by atoms with Gasteiger partial charge in [-0.25, -0.2) is 19.4 Å². The van der Waals surface area contributed by atoms with E-state index in [0.29, 0.717) is 5.92 Å². The molecule has 0 saturated carbocycles. The Bertz CT molecular complexity index is 1190. The van der Waals surface area contributed by atoms with Crippen molar-refractivity contribution in [3.05, 3.63) is 41.1 Å². The van der Waals surface area contributed by atoms with Gasteiger partial charge in [0, 0.05) is 43.4 Å². The van der Waals surface area contributed by atoms with Crippen LogP contribution < -0.4 is 5.32 Å². The number of fused-ring (bicyclic) bond motifs is 1. The number of carboxylic acid groups (broad SMARTS) is 3. The topological polar surface area (TPSA) is 179 Å². The number of thiazole rings is 1. The number of pyridine rings is 1. The minimum atomic E-state index is -5.08. The summed E-state index contributed by atoms with van der Waals surface area (Å²) in [4.78, 5) is 50.2. The number of rotatable bonds is 4. The van der Waals surface area contributed by atoms with Gasteiger partial charge < -0.3 is 25.4 Å². The number of aliphatic carboxylic acids is 3. The summed E-state index contributed by atoms with van der Waals surface area (Å²) in [6.45, 7) is 3.15. The molecule has 0 bridgehead atoms. The van der Waals surface area contributed by atoms with Gasteiger partial charge in [-0.3, -0.25) is 14.7 Å². The third-order valence-corrected chi connectivity index (χ3v) is 6.27. The average Bonchev–Trinajstić information content (AvgIpc) is 3.60. The predicted octanol–water partition coefficient (Wildman–Crippen LogP) is 3.91. The minimum Gasteiger partial charge on any atom is -0.475 e. The number of nitrogens with zero attached hydrogens (tertiary/aromatic N) is 3. The van der Waals surface area contributed by atoms with Crippen LogP contribution in [-0.4, -0.2) is 98.3 Å². The number of carboxylic acids is 3. The number of anilines is 1. The lowest BCUT2D eigenvalue weighted by Gasteiger charge is -2.38. The molecule has 1 amide bonds. The summed E-state index contributed by atoms with van der Waals surface area (Å²) in [5, 5.41) is 27.5. The quantitative estimate of drug-likeness (QED) is 0.343. The van der Waals surface area contributed by atoms with Crippen molar-refractivity contribution < 1.29 is 78.7 Å². The van der Waals surface area contributed by atoms with E-state index in [1.807, 2.05) is 23.7 Å². The van der Waals surface area contributed by atoms with E-state index in [1.165, 1.54) is 0 Å². The van der Waals surface area contributed by atoms with Crippen LogP contribution >= 0.6 is 11.3 Å². The lowest BCUT2D eigenvalue weighted by atomic mass is 9.82. The molecule has 22 heteroatoms. The smallest absolute Gasteiger partial charge is 0.475 e. The summed E-state index contributed by atoms with van der Waals surface area (Å²) in [6, 6.07) is 3.69.